The number of non-ortho nitro benzene ring substituents is 1. The summed E-state index contributed by atoms with van der Waals surface area (Å²) in [7, 11) is 0. The number of hydrogen-bond donors (Lipinski definition) is 0. The molecule has 0 unspecified atom stereocenters. The molecule has 0 spiro atoms. The summed E-state index contributed by atoms with van der Waals surface area (Å²) >= 11 is 6.03. The number of benzene rings is 3. The molecule has 27 heavy (non-hydrogen) atoms. The average molecular weight is 376 g/mol. The van der Waals surface area contributed by atoms with Gasteiger partial charge in [0.25, 0.3) is 5.69 Å². The van der Waals surface area contributed by atoms with Crippen molar-refractivity contribution in [1.82, 2.24) is 0 Å². The van der Waals surface area contributed by atoms with Crippen LogP contribution in [0, 0.1) is 10.1 Å². The van der Waals surface area contributed by atoms with Crippen molar-refractivity contribution in [3.05, 3.63) is 117 Å². The van der Waals surface area contributed by atoms with Gasteiger partial charge in [0.2, 0.25) is 0 Å². The van der Waals surface area contributed by atoms with Gasteiger partial charge in [0.05, 0.1) is 4.92 Å². The molecule has 0 saturated carbocycles. The fourth-order valence-electron chi connectivity index (χ4n) is 3.84. The topological polar surface area (TPSA) is 43.1 Å². The molecule has 0 bridgehead atoms. The highest BCUT2D eigenvalue weighted by Gasteiger charge is 2.31. The first-order valence-electron chi connectivity index (χ1n) is 8.88. The van der Waals surface area contributed by atoms with Gasteiger partial charge in [-0.05, 0) is 46.7 Å². The number of allylic oxidation sites excluding steroid dienone is 2. The Kier molecular flexibility index (Phi) is 4.78. The van der Waals surface area contributed by atoms with E-state index in [-0.39, 0.29) is 22.4 Å². The number of hydrogen-bond acceptors (Lipinski definition) is 2. The summed E-state index contributed by atoms with van der Waals surface area (Å²) in [5, 5.41) is 11.9. The fourth-order valence-corrected chi connectivity index (χ4v) is 3.97. The quantitative estimate of drug-likeness (QED) is 0.380. The van der Waals surface area contributed by atoms with E-state index in [4.69, 9.17) is 11.6 Å². The second-order valence-electron chi connectivity index (χ2n) is 6.80. The van der Waals surface area contributed by atoms with Gasteiger partial charge in [-0.25, -0.2) is 0 Å². The normalized spacial score (nSPS) is 18.9. The van der Waals surface area contributed by atoms with Crippen LogP contribution in [0.3, 0.4) is 0 Å². The molecular formula is C23H18ClNO2. The predicted octanol–water partition coefficient (Wildman–Crippen LogP) is 6.60. The third-order valence-electron chi connectivity index (χ3n) is 5.16. The lowest BCUT2D eigenvalue weighted by atomic mass is 9.83. The molecule has 1 aliphatic carbocycles. The first kappa shape index (κ1) is 17.5. The van der Waals surface area contributed by atoms with E-state index in [2.05, 4.69) is 18.2 Å². The number of rotatable bonds is 4. The maximum absolute atomic E-state index is 11.2. The van der Waals surface area contributed by atoms with E-state index in [9.17, 15) is 10.1 Å². The van der Waals surface area contributed by atoms with E-state index in [0.717, 1.165) is 17.5 Å². The third-order valence-corrected chi connectivity index (χ3v) is 5.41. The molecule has 2 atom stereocenters. The van der Waals surface area contributed by atoms with E-state index in [1.165, 1.54) is 11.1 Å². The van der Waals surface area contributed by atoms with Crippen molar-refractivity contribution < 1.29 is 4.92 Å². The van der Waals surface area contributed by atoms with Crippen LogP contribution >= 0.6 is 11.6 Å². The zero-order valence-corrected chi connectivity index (χ0v) is 15.3. The first-order chi connectivity index (χ1) is 13.1. The minimum atomic E-state index is -0.330. The van der Waals surface area contributed by atoms with Gasteiger partial charge < -0.3 is 0 Å². The molecule has 0 heterocycles. The highest BCUT2D eigenvalue weighted by molar-refractivity contribution is 6.30. The van der Waals surface area contributed by atoms with Crippen LogP contribution in [0.15, 0.2) is 84.9 Å². The first-order valence-corrected chi connectivity index (χ1v) is 9.25. The molecule has 3 nitrogen and oxygen atoms in total. The molecule has 4 rings (SSSR count). The Hall–Kier alpha value is -2.91. The van der Waals surface area contributed by atoms with Gasteiger partial charge in [0.1, 0.15) is 0 Å². The highest BCUT2D eigenvalue weighted by Crippen LogP contribution is 2.48. The Bertz CT molecular complexity index is 996. The molecule has 0 aliphatic heterocycles. The Morgan fingerprint density at radius 1 is 0.889 bits per heavy atom. The highest BCUT2D eigenvalue weighted by atomic mass is 35.5. The van der Waals surface area contributed by atoms with Gasteiger partial charge in [0.15, 0.2) is 0 Å². The third kappa shape index (κ3) is 3.64. The summed E-state index contributed by atoms with van der Waals surface area (Å²) in [4.78, 5) is 10.9. The van der Waals surface area contributed by atoms with Crippen LogP contribution in [0.5, 0.6) is 0 Å². The summed E-state index contributed by atoms with van der Waals surface area (Å²) in [6.07, 6.45) is 3.13. The van der Waals surface area contributed by atoms with Crippen molar-refractivity contribution in [3.63, 3.8) is 0 Å². The minimum Gasteiger partial charge on any atom is -0.258 e. The molecule has 4 heteroatoms. The Morgan fingerprint density at radius 3 is 2.30 bits per heavy atom. The molecule has 0 radical (unpaired) electrons. The van der Waals surface area contributed by atoms with Gasteiger partial charge in [-0.3, -0.25) is 10.1 Å². The molecule has 0 N–H and O–H groups in total. The summed E-state index contributed by atoms with van der Waals surface area (Å²) < 4.78 is 0. The summed E-state index contributed by atoms with van der Waals surface area (Å²) in [6.45, 7) is 0. The van der Waals surface area contributed by atoms with Gasteiger partial charge in [-0.2, -0.15) is 0 Å². The second-order valence-corrected chi connectivity index (χ2v) is 7.23. The Balaban J connectivity index is 1.75. The van der Waals surface area contributed by atoms with Crippen LogP contribution in [0.25, 0.3) is 5.57 Å². The molecule has 0 aromatic heterocycles. The van der Waals surface area contributed by atoms with Gasteiger partial charge in [-0.1, -0.05) is 72.3 Å². The van der Waals surface area contributed by atoms with E-state index in [0.29, 0.717) is 5.02 Å². The zero-order chi connectivity index (χ0) is 18.8. The van der Waals surface area contributed by atoms with Crippen molar-refractivity contribution in [1.29, 1.82) is 0 Å². The molecular weight excluding hydrogens is 358 g/mol. The molecule has 134 valence electrons. The molecule has 0 amide bonds. The van der Waals surface area contributed by atoms with Crippen LogP contribution < -0.4 is 0 Å². The van der Waals surface area contributed by atoms with Crippen molar-refractivity contribution >= 4 is 22.9 Å². The summed E-state index contributed by atoms with van der Waals surface area (Å²) in [5.41, 5.74) is 4.75. The van der Waals surface area contributed by atoms with E-state index >= 15 is 0 Å². The lowest BCUT2D eigenvalue weighted by Gasteiger charge is -2.20. The maximum Gasteiger partial charge on any atom is 0.269 e. The zero-order valence-electron chi connectivity index (χ0n) is 14.6. The van der Waals surface area contributed by atoms with Crippen molar-refractivity contribution in [3.8, 4) is 0 Å². The van der Waals surface area contributed by atoms with Gasteiger partial charge in [-0.15, -0.1) is 0 Å². The molecule has 1 aliphatic rings. The Labute approximate surface area is 163 Å². The number of nitro benzene ring substituents is 1. The number of halogens is 1. The molecule has 3 aromatic rings. The van der Waals surface area contributed by atoms with Crippen LogP contribution in [-0.4, -0.2) is 4.92 Å². The monoisotopic (exact) mass is 375 g/mol. The number of nitrogens with zero attached hydrogens (tertiary/aromatic N) is 1. The fraction of sp³-hybridized carbons (Fsp3) is 0.130. The smallest absolute Gasteiger partial charge is 0.258 e. The van der Waals surface area contributed by atoms with E-state index in [1.807, 2.05) is 48.5 Å². The van der Waals surface area contributed by atoms with E-state index < -0.39 is 0 Å². The van der Waals surface area contributed by atoms with E-state index in [1.54, 1.807) is 18.2 Å². The van der Waals surface area contributed by atoms with Crippen molar-refractivity contribution in [2.75, 3.05) is 0 Å². The second kappa shape index (κ2) is 7.37. The minimum absolute atomic E-state index is 0.138. The summed E-state index contributed by atoms with van der Waals surface area (Å²) in [5.74, 6) is 0.344. The molecule has 0 fully saturated rings. The van der Waals surface area contributed by atoms with Crippen LogP contribution in [0.2, 0.25) is 5.02 Å². The van der Waals surface area contributed by atoms with Crippen molar-refractivity contribution in [2.24, 2.45) is 0 Å². The standard InChI is InChI=1S/C23H18ClNO2/c24-20-11-9-16(10-12-20)19-14-22(17-5-2-1-3-6-17)23(15-19)18-7-4-8-21(13-18)25(26)27/h1-14,22-23H,15H2/t22-,23+/m1/s1. The van der Waals surface area contributed by atoms with Crippen molar-refractivity contribution in [2.45, 2.75) is 18.3 Å². The molecule has 0 saturated heterocycles. The maximum atomic E-state index is 11.2. The lowest BCUT2D eigenvalue weighted by molar-refractivity contribution is -0.384. The van der Waals surface area contributed by atoms with Gasteiger partial charge in [0, 0.05) is 23.1 Å². The lowest BCUT2D eigenvalue weighted by Crippen LogP contribution is -2.05. The largest absolute Gasteiger partial charge is 0.269 e. The number of nitro groups is 1. The SMILES string of the molecule is O=[N+]([O-])c1cccc([C@@H]2CC(c3ccc(Cl)cc3)=C[C@@H]2c2ccccc2)c1. The Morgan fingerprint density at radius 2 is 1.59 bits per heavy atom. The van der Waals surface area contributed by atoms with Crippen LogP contribution in [-0.2, 0) is 0 Å². The van der Waals surface area contributed by atoms with Gasteiger partial charge >= 0.3 is 0 Å². The predicted molar refractivity (Wildman–Crippen MR) is 109 cm³/mol. The molecule has 3 aromatic carbocycles. The van der Waals surface area contributed by atoms with Crippen LogP contribution in [0.1, 0.15) is 34.9 Å². The average Bonchev–Trinajstić information content (AvgIpc) is 3.15. The van der Waals surface area contributed by atoms with Crippen LogP contribution in [0.4, 0.5) is 5.69 Å². The summed E-state index contributed by atoms with van der Waals surface area (Å²) in [6, 6.07) is 25.2.